The molecule has 21 heavy (non-hydrogen) atoms. The maximum absolute atomic E-state index is 12.9. The summed E-state index contributed by atoms with van der Waals surface area (Å²) in [5.74, 6) is 0.867. The zero-order chi connectivity index (χ0) is 14.7. The molecule has 1 aromatic carbocycles. The van der Waals surface area contributed by atoms with E-state index in [0.717, 1.165) is 45.3 Å². The summed E-state index contributed by atoms with van der Waals surface area (Å²) in [6, 6.07) is 8.54. The summed E-state index contributed by atoms with van der Waals surface area (Å²) < 4.78 is 0. The summed E-state index contributed by atoms with van der Waals surface area (Å²) in [4.78, 5) is 12.9. The number of hydrogen-bond donors (Lipinski definition) is 2. The first-order valence-corrected chi connectivity index (χ1v) is 8.27. The minimum atomic E-state index is -0.290. The van der Waals surface area contributed by atoms with Crippen LogP contribution in [0.1, 0.15) is 43.2 Å². The number of amides is 1. The third-order valence-electron chi connectivity index (χ3n) is 5.13. The van der Waals surface area contributed by atoms with Gasteiger partial charge in [0.25, 0.3) is 0 Å². The fraction of sp³-hybridized carbons (Fsp3) is 0.611. The van der Waals surface area contributed by atoms with Gasteiger partial charge in [0.05, 0.1) is 5.41 Å². The number of carbonyl (C=O) groups excluding carboxylic acids is 1. The second-order valence-corrected chi connectivity index (χ2v) is 6.75. The van der Waals surface area contributed by atoms with E-state index >= 15 is 0 Å². The quantitative estimate of drug-likeness (QED) is 0.893. The molecule has 2 fully saturated rings. The molecule has 1 saturated carbocycles. The van der Waals surface area contributed by atoms with Crippen LogP contribution in [0.25, 0.3) is 0 Å². The minimum Gasteiger partial charge on any atom is -0.355 e. The molecule has 0 radical (unpaired) electrons. The Morgan fingerprint density at radius 2 is 2.05 bits per heavy atom. The number of aryl methyl sites for hydroxylation is 1. The maximum atomic E-state index is 12.9. The lowest BCUT2D eigenvalue weighted by Crippen LogP contribution is -2.52. The van der Waals surface area contributed by atoms with E-state index in [9.17, 15) is 4.79 Å². The van der Waals surface area contributed by atoms with Gasteiger partial charge in [-0.2, -0.15) is 0 Å². The van der Waals surface area contributed by atoms with Gasteiger partial charge in [-0.15, -0.1) is 0 Å². The molecule has 3 heteroatoms. The summed E-state index contributed by atoms with van der Waals surface area (Å²) in [5.41, 5.74) is 2.17. The number of hydrogen-bond acceptors (Lipinski definition) is 2. The van der Waals surface area contributed by atoms with Gasteiger partial charge in [-0.05, 0) is 25.3 Å². The topological polar surface area (TPSA) is 41.1 Å². The fourth-order valence-electron chi connectivity index (χ4n) is 3.64. The molecular formula is C18H26N2O. The molecule has 1 amide bonds. The molecule has 1 aliphatic carbocycles. The van der Waals surface area contributed by atoms with Crippen molar-refractivity contribution in [3.05, 3.63) is 35.4 Å². The molecule has 0 spiro atoms. The smallest absolute Gasteiger partial charge is 0.230 e. The SMILES string of the molecule is Cc1cccc(C2(C(=O)NCC3CNC3)CCCCC2)c1. The van der Waals surface area contributed by atoms with E-state index in [0.29, 0.717) is 5.92 Å². The highest BCUT2D eigenvalue weighted by Crippen LogP contribution is 2.40. The number of nitrogens with one attached hydrogen (secondary N) is 2. The zero-order valence-electron chi connectivity index (χ0n) is 13.0. The van der Waals surface area contributed by atoms with Crippen LogP contribution in [0.3, 0.4) is 0 Å². The number of rotatable bonds is 4. The zero-order valence-corrected chi connectivity index (χ0v) is 13.0. The van der Waals surface area contributed by atoms with Crippen LogP contribution in [-0.2, 0) is 10.2 Å². The van der Waals surface area contributed by atoms with Crippen LogP contribution in [0.15, 0.2) is 24.3 Å². The van der Waals surface area contributed by atoms with Gasteiger partial charge in [0.15, 0.2) is 0 Å². The molecule has 0 atom stereocenters. The molecule has 2 aliphatic rings. The molecule has 1 aromatic rings. The molecule has 0 bridgehead atoms. The molecule has 1 saturated heterocycles. The van der Waals surface area contributed by atoms with Gasteiger partial charge in [0.1, 0.15) is 0 Å². The van der Waals surface area contributed by atoms with Crippen molar-refractivity contribution in [1.29, 1.82) is 0 Å². The summed E-state index contributed by atoms with van der Waals surface area (Å²) in [5, 5.41) is 6.50. The summed E-state index contributed by atoms with van der Waals surface area (Å²) >= 11 is 0. The monoisotopic (exact) mass is 286 g/mol. The van der Waals surface area contributed by atoms with Crippen LogP contribution >= 0.6 is 0 Å². The fourth-order valence-corrected chi connectivity index (χ4v) is 3.64. The molecule has 114 valence electrons. The second kappa shape index (κ2) is 6.18. The number of carbonyl (C=O) groups is 1. The Balaban J connectivity index is 1.79. The van der Waals surface area contributed by atoms with Gasteiger partial charge in [-0.3, -0.25) is 4.79 Å². The van der Waals surface area contributed by atoms with Crippen molar-refractivity contribution in [2.24, 2.45) is 5.92 Å². The highest BCUT2D eigenvalue weighted by molar-refractivity contribution is 5.88. The van der Waals surface area contributed by atoms with Crippen LogP contribution in [0.2, 0.25) is 0 Å². The van der Waals surface area contributed by atoms with Crippen molar-refractivity contribution in [2.75, 3.05) is 19.6 Å². The molecule has 1 aliphatic heterocycles. The van der Waals surface area contributed by atoms with Gasteiger partial charge in [0, 0.05) is 25.6 Å². The molecule has 3 rings (SSSR count). The third kappa shape index (κ3) is 2.98. The Morgan fingerprint density at radius 1 is 1.29 bits per heavy atom. The summed E-state index contributed by atoms with van der Waals surface area (Å²) in [6.07, 6.45) is 5.56. The molecule has 0 aromatic heterocycles. The molecular weight excluding hydrogens is 260 g/mol. The van der Waals surface area contributed by atoms with E-state index in [1.54, 1.807) is 0 Å². The standard InChI is InChI=1S/C18H26N2O/c1-14-6-5-7-16(10-14)18(8-3-2-4-9-18)17(21)20-13-15-11-19-12-15/h5-7,10,15,19H,2-4,8-9,11-13H2,1H3,(H,20,21). The lowest BCUT2D eigenvalue weighted by Gasteiger charge is -2.37. The second-order valence-electron chi connectivity index (χ2n) is 6.75. The lowest BCUT2D eigenvalue weighted by molar-refractivity contribution is -0.128. The number of benzene rings is 1. The van der Waals surface area contributed by atoms with E-state index in [2.05, 4.69) is 41.8 Å². The lowest BCUT2D eigenvalue weighted by atomic mass is 9.68. The van der Waals surface area contributed by atoms with E-state index in [1.165, 1.54) is 17.5 Å². The van der Waals surface area contributed by atoms with E-state index in [-0.39, 0.29) is 11.3 Å². The summed E-state index contributed by atoms with van der Waals surface area (Å²) in [6.45, 7) is 5.01. The maximum Gasteiger partial charge on any atom is 0.230 e. The minimum absolute atomic E-state index is 0.250. The summed E-state index contributed by atoms with van der Waals surface area (Å²) in [7, 11) is 0. The van der Waals surface area contributed by atoms with Crippen LogP contribution in [-0.4, -0.2) is 25.5 Å². The largest absolute Gasteiger partial charge is 0.355 e. The normalized spacial score (nSPS) is 21.6. The van der Waals surface area contributed by atoms with Crippen molar-refractivity contribution >= 4 is 5.91 Å². The third-order valence-corrected chi connectivity index (χ3v) is 5.13. The van der Waals surface area contributed by atoms with E-state index in [1.807, 2.05) is 0 Å². The average Bonchev–Trinajstić information content (AvgIpc) is 2.46. The van der Waals surface area contributed by atoms with Crippen molar-refractivity contribution in [1.82, 2.24) is 10.6 Å². The molecule has 2 N–H and O–H groups in total. The predicted molar refractivity (Wildman–Crippen MR) is 85.3 cm³/mol. The van der Waals surface area contributed by atoms with Crippen molar-refractivity contribution in [2.45, 2.75) is 44.4 Å². The van der Waals surface area contributed by atoms with Crippen molar-refractivity contribution in [3.63, 3.8) is 0 Å². The van der Waals surface area contributed by atoms with Gasteiger partial charge in [-0.25, -0.2) is 0 Å². The molecule has 0 unspecified atom stereocenters. The first-order valence-electron chi connectivity index (χ1n) is 8.27. The highest BCUT2D eigenvalue weighted by atomic mass is 16.2. The Hall–Kier alpha value is -1.35. The van der Waals surface area contributed by atoms with E-state index < -0.39 is 0 Å². The first kappa shape index (κ1) is 14.6. The van der Waals surface area contributed by atoms with Crippen LogP contribution in [0.4, 0.5) is 0 Å². The van der Waals surface area contributed by atoms with Gasteiger partial charge in [0.2, 0.25) is 5.91 Å². The Bertz CT molecular complexity index is 502. The van der Waals surface area contributed by atoms with Crippen molar-refractivity contribution in [3.8, 4) is 0 Å². The van der Waals surface area contributed by atoms with Crippen LogP contribution in [0, 0.1) is 12.8 Å². The predicted octanol–water partition coefficient (Wildman–Crippen LogP) is 2.53. The molecule has 1 heterocycles. The van der Waals surface area contributed by atoms with Crippen LogP contribution in [0.5, 0.6) is 0 Å². The van der Waals surface area contributed by atoms with Crippen LogP contribution < -0.4 is 10.6 Å². The molecule has 3 nitrogen and oxygen atoms in total. The Labute approximate surface area is 127 Å². The van der Waals surface area contributed by atoms with Gasteiger partial charge < -0.3 is 10.6 Å². The Morgan fingerprint density at radius 3 is 2.67 bits per heavy atom. The van der Waals surface area contributed by atoms with Gasteiger partial charge >= 0.3 is 0 Å². The first-order chi connectivity index (χ1) is 10.2. The highest BCUT2D eigenvalue weighted by Gasteiger charge is 2.41. The van der Waals surface area contributed by atoms with E-state index in [4.69, 9.17) is 0 Å². The van der Waals surface area contributed by atoms with Gasteiger partial charge in [-0.1, -0.05) is 49.1 Å². The average molecular weight is 286 g/mol. The van der Waals surface area contributed by atoms with Crippen molar-refractivity contribution < 1.29 is 4.79 Å². The Kier molecular flexibility index (Phi) is 4.29.